The van der Waals surface area contributed by atoms with E-state index < -0.39 is 0 Å². The predicted molar refractivity (Wildman–Crippen MR) is 517 cm³/mol. The summed E-state index contributed by atoms with van der Waals surface area (Å²) in [6.07, 6.45) is 0. The van der Waals surface area contributed by atoms with E-state index in [1.54, 1.807) is 0 Å². The topological polar surface area (TPSA) is 107 Å². The van der Waals surface area contributed by atoms with E-state index in [1.807, 2.05) is 36.4 Å². The quantitative estimate of drug-likeness (QED) is 0.114. The van der Waals surface area contributed by atoms with Gasteiger partial charge in [0.1, 0.15) is 0 Å². The van der Waals surface area contributed by atoms with Crippen LogP contribution in [0, 0.1) is 0 Å². The average molecular weight is 1610 g/mol. The van der Waals surface area contributed by atoms with Gasteiger partial charge in [0.2, 0.25) is 0 Å². The van der Waals surface area contributed by atoms with Gasteiger partial charge in [0.25, 0.3) is 0 Å². The molecule has 0 saturated carbocycles. The molecule has 0 fully saturated rings. The van der Waals surface area contributed by atoms with Crippen molar-refractivity contribution in [3.63, 3.8) is 0 Å². The molecule has 12 nitrogen and oxygen atoms in total. The van der Waals surface area contributed by atoms with Gasteiger partial charge in [-0.25, -0.2) is 29.9 Å². The van der Waals surface area contributed by atoms with Crippen LogP contribution in [-0.2, 0) is 0 Å². The fraction of sp³-hybridized carbons (Fsp3) is 0. The van der Waals surface area contributed by atoms with Gasteiger partial charge in [-0.3, -0.25) is 0 Å². The van der Waals surface area contributed by atoms with Gasteiger partial charge in [-0.05, 0) is 199 Å². The van der Waals surface area contributed by atoms with Crippen molar-refractivity contribution in [3.8, 4) is 114 Å². The summed E-state index contributed by atoms with van der Waals surface area (Å²) in [7, 11) is 0. The molecule has 0 bridgehead atoms. The van der Waals surface area contributed by atoms with E-state index in [0.717, 1.165) is 161 Å². The summed E-state index contributed by atoms with van der Waals surface area (Å²) in [6, 6.07) is 152. The zero-order valence-electron chi connectivity index (χ0n) is 67.8. The van der Waals surface area contributed by atoms with Gasteiger partial charge in [-0.15, -0.1) is 0 Å². The van der Waals surface area contributed by atoms with Crippen molar-refractivity contribution in [2.45, 2.75) is 0 Å². The average Bonchev–Trinajstić information content (AvgIpc) is 1.57. The molecule has 0 aliphatic carbocycles. The second-order valence-corrected chi connectivity index (χ2v) is 32.5. The molecule has 586 valence electrons. The third-order valence-electron chi connectivity index (χ3n) is 25.5. The Morgan fingerprint density at radius 1 is 0.127 bits per heavy atom. The minimum atomic E-state index is 0.579. The highest BCUT2D eigenvalue weighted by Crippen LogP contribution is 2.46. The fourth-order valence-corrected chi connectivity index (χ4v) is 19.9. The van der Waals surface area contributed by atoms with Gasteiger partial charge in [0, 0.05) is 132 Å². The van der Waals surface area contributed by atoms with E-state index in [2.05, 4.69) is 416 Å². The van der Waals surface area contributed by atoms with E-state index in [4.69, 9.17) is 29.9 Å². The third kappa shape index (κ3) is 11.1. The monoisotopic (exact) mass is 1610 g/mol. The first-order valence-corrected chi connectivity index (χ1v) is 42.6. The smallest absolute Gasteiger partial charge is 0.164 e. The Morgan fingerprint density at radius 3 is 0.778 bits per heavy atom. The molecule has 26 rings (SSSR count). The standard InChI is InChI=1S/C114H70N12/c1-4-26-71(27-5-1)109-115-111(73-50-56-79(57-51-73)122-99-45-20-14-38-89(99)94-69-82(60-64-105(94)122)124-96-42-17-10-34-85(96)86-35-11-18-43-97(86)124)119-113(117-109)76-30-24-33-81(66-76)126-102-48-23-16-40-91(102)108-84(41-25-49-107(108)126)75-54-62-104-92(67-75)87-36-13-22-47-101(87)125(104)83-61-65-106-95(70-83)90-39-15-21-46-100(90)123(106)80-58-52-74(53-59-80)112-116-110(72-28-6-2-7-29-72)118-114(120-112)77-55-63-103-93(68-77)88-37-12-19-44-98(88)121(103)78-31-8-3-9-32-78/h1-70H. The molecule has 0 aliphatic heterocycles. The van der Waals surface area contributed by atoms with Crippen molar-refractivity contribution < 1.29 is 0 Å². The summed E-state index contributed by atoms with van der Waals surface area (Å²) >= 11 is 0. The van der Waals surface area contributed by atoms with Crippen LogP contribution in [0.3, 0.4) is 0 Å². The molecule has 26 aromatic rings. The number of hydrogen-bond acceptors (Lipinski definition) is 6. The molecule has 0 unspecified atom stereocenters. The van der Waals surface area contributed by atoms with Crippen LogP contribution in [0.5, 0.6) is 0 Å². The van der Waals surface area contributed by atoms with Crippen LogP contribution in [0.4, 0.5) is 0 Å². The molecule has 0 radical (unpaired) electrons. The summed E-state index contributed by atoms with van der Waals surface area (Å²) in [5, 5.41) is 14.1. The second kappa shape index (κ2) is 28.2. The van der Waals surface area contributed by atoms with Crippen molar-refractivity contribution in [2.24, 2.45) is 0 Å². The van der Waals surface area contributed by atoms with Crippen molar-refractivity contribution in [1.29, 1.82) is 0 Å². The lowest BCUT2D eigenvalue weighted by Crippen LogP contribution is -2.01. The van der Waals surface area contributed by atoms with E-state index in [9.17, 15) is 0 Å². The first-order valence-electron chi connectivity index (χ1n) is 42.6. The molecule has 126 heavy (non-hydrogen) atoms. The molecular weight excluding hydrogens is 1540 g/mol. The van der Waals surface area contributed by atoms with E-state index in [-0.39, 0.29) is 0 Å². The molecule has 12 heteroatoms. The van der Waals surface area contributed by atoms with Crippen LogP contribution in [0.1, 0.15) is 0 Å². The summed E-state index contributed by atoms with van der Waals surface area (Å²) < 4.78 is 14.3. The minimum Gasteiger partial charge on any atom is -0.309 e. The molecule has 8 aromatic heterocycles. The van der Waals surface area contributed by atoms with E-state index in [0.29, 0.717) is 34.9 Å². The molecule has 0 aliphatic rings. The van der Waals surface area contributed by atoms with Gasteiger partial charge in [0.05, 0.1) is 66.2 Å². The normalized spacial score (nSPS) is 12.0. The summed E-state index contributed by atoms with van der Waals surface area (Å²) in [6.45, 7) is 0. The van der Waals surface area contributed by atoms with Crippen LogP contribution in [0.2, 0.25) is 0 Å². The lowest BCUT2D eigenvalue weighted by Gasteiger charge is -2.13. The van der Waals surface area contributed by atoms with Gasteiger partial charge in [-0.1, -0.05) is 237 Å². The Morgan fingerprint density at radius 2 is 0.357 bits per heavy atom. The number of benzene rings is 18. The van der Waals surface area contributed by atoms with E-state index in [1.165, 1.54) is 48.7 Å². The molecule has 0 N–H and O–H groups in total. The third-order valence-corrected chi connectivity index (χ3v) is 25.5. The lowest BCUT2D eigenvalue weighted by molar-refractivity contribution is 1.07. The summed E-state index contributed by atoms with van der Waals surface area (Å²) in [4.78, 5) is 31.6. The number of fused-ring (bicyclic) bond motifs is 18. The van der Waals surface area contributed by atoms with Gasteiger partial charge in [-0.2, -0.15) is 0 Å². The first-order chi connectivity index (χ1) is 62.5. The molecule has 18 aromatic carbocycles. The van der Waals surface area contributed by atoms with Crippen LogP contribution in [0.15, 0.2) is 425 Å². The van der Waals surface area contributed by atoms with Crippen molar-refractivity contribution >= 4 is 131 Å². The number of aromatic nitrogens is 12. The highest BCUT2D eigenvalue weighted by molar-refractivity contribution is 6.19. The Hall–Kier alpha value is -17.2. The zero-order valence-corrected chi connectivity index (χ0v) is 67.8. The highest BCUT2D eigenvalue weighted by atomic mass is 15.1. The number of nitrogens with zero attached hydrogens (tertiary/aromatic N) is 12. The maximum Gasteiger partial charge on any atom is 0.164 e. The first kappa shape index (κ1) is 70.6. The number of para-hydroxylation sites is 8. The van der Waals surface area contributed by atoms with Gasteiger partial charge < -0.3 is 27.4 Å². The summed E-state index contributed by atoms with van der Waals surface area (Å²) in [5.74, 6) is 3.58. The molecule has 0 atom stereocenters. The van der Waals surface area contributed by atoms with Crippen LogP contribution in [-0.4, -0.2) is 57.3 Å². The Bertz CT molecular complexity index is 8910. The molecule has 0 amide bonds. The lowest BCUT2D eigenvalue weighted by atomic mass is 9.98. The number of rotatable bonds is 13. The van der Waals surface area contributed by atoms with Crippen LogP contribution < -0.4 is 0 Å². The van der Waals surface area contributed by atoms with Crippen molar-refractivity contribution in [2.75, 3.05) is 0 Å². The van der Waals surface area contributed by atoms with Crippen LogP contribution >= 0.6 is 0 Å². The summed E-state index contributed by atoms with van der Waals surface area (Å²) in [5.41, 5.74) is 27.6. The molecule has 0 saturated heterocycles. The maximum absolute atomic E-state index is 5.37. The predicted octanol–water partition coefficient (Wildman–Crippen LogP) is 28.3. The van der Waals surface area contributed by atoms with E-state index >= 15 is 0 Å². The highest BCUT2D eigenvalue weighted by Gasteiger charge is 2.25. The van der Waals surface area contributed by atoms with Gasteiger partial charge >= 0.3 is 0 Å². The zero-order chi connectivity index (χ0) is 82.6. The SMILES string of the molecule is c1ccc(-c2nc(-c3ccc(-n4c5ccccc5c5cc(-n6c7ccccc7c7ccccc76)ccc54)cc3)nc(-c3cccc(-n4c5ccccc5c5c(-c6ccc7c(c6)c6ccccc6n7-c6ccc7c(c6)c6ccccc6n7-c6ccc(-c7nc(-c8ccccc8)nc(-c8ccc9c(c8)c8ccccc8n9-c8ccccc8)n7)cc6)cccc54)c3)n2)cc1. The van der Waals surface area contributed by atoms with Crippen molar-refractivity contribution in [3.05, 3.63) is 425 Å². The Labute approximate surface area is 721 Å². The second-order valence-electron chi connectivity index (χ2n) is 32.5. The maximum atomic E-state index is 5.37. The fourth-order valence-electron chi connectivity index (χ4n) is 19.9. The van der Waals surface area contributed by atoms with Crippen LogP contribution in [0.25, 0.3) is 244 Å². The number of hydrogen-bond donors (Lipinski definition) is 0. The molecule has 0 spiro atoms. The largest absolute Gasteiger partial charge is 0.309 e. The molecular formula is C114H70N12. The van der Waals surface area contributed by atoms with Gasteiger partial charge in [0.15, 0.2) is 34.9 Å². The Kier molecular flexibility index (Phi) is 15.8. The van der Waals surface area contributed by atoms with Crippen molar-refractivity contribution in [1.82, 2.24) is 57.3 Å². The Balaban J connectivity index is 0.533. The molecule has 8 heterocycles. The minimum absolute atomic E-state index is 0.579.